The Bertz CT molecular complexity index is 482. The van der Waals surface area contributed by atoms with Crippen molar-refractivity contribution in [3.8, 4) is 0 Å². The van der Waals surface area contributed by atoms with Crippen LogP contribution in [0, 0.1) is 5.41 Å². The van der Waals surface area contributed by atoms with Crippen molar-refractivity contribution in [2.45, 2.75) is 33.7 Å². The van der Waals surface area contributed by atoms with Crippen molar-refractivity contribution in [2.75, 3.05) is 38.5 Å². The molecule has 0 radical (unpaired) electrons. The van der Waals surface area contributed by atoms with E-state index in [4.69, 9.17) is 0 Å². The predicted octanol–water partition coefficient (Wildman–Crippen LogP) is 2.81. The first kappa shape index (κ1) is 17.0. The highest BCUT2D eigenvalue weighted by Crippen LogP contribution is 2.20. The molecule has 0 aromatic heterocycles. The van der Waals surface area contributed by atoms with Crippen LogP contribution in [0.15, 0.2) is 24.3 Å². The van der Waals surface area contributed by atoms with Crippen LogP contribution in [0.1, 0.15) is 32.8 Å². The number of hydrogen-bond donors (Lipinski definition) is 1. The van der Waals surface area contributed by atoms with Crippen molar-refractivity contribution in [3.05, 3.63) is 29.8 Å². The van der Waals surface area contributed by atoms with Gasteiger partial charge in [0.2, 0.25) is 5.91 Å². The summed E-state index contributed by atoms with van der Waals surface area (Å²) in [5.41, 5.74) is 2.21. The minimum atomic E-state index is 0.0193. The summed E-state index contributed by atoms with van der Waals surface area (Å²) in [6.45, 7) is 11.7. The molecule has 22 heavy (non-hydrogen) atoms. The second kappa shape index (κ2) is 7.25. The van der Waals surface area contributed by atoms with Crippen LogP contribution >= 0.6 is 0 Å². The van der Waals surface area contributed by atoms with Crippen molar-refractivity contribution in [2.24, 2.45) is 5.41 Å². The first-order valence-corrected chi connectivity index (χ1v) is 8.11. The molecule has 4 nitrogen and oxygen atoms in total. The highest BCUT2D eigenvalue weighted by molar-refractivity contribution is 5.91. The van der Waals surface area contributed by atoms with Crippen molar-refractivity contribution in [1.29, 1.82) is 0 Å². The van der Waals surface area contributed by atoms with Gasteiger partial charge < -0.3 is 10.2 Å². The molecule has 1 fully saturated rings. The van der Waals surface area contributed by atoms with Crippen LogP contribution in [0.2, 0.25) is 0 Å². The minimum Gasteiger partial charge on any atom is -0.326 e. The number of anilines is 1. The van der Waals surface area contributed by atoms with Crippen molar-refractivity contribution >= 4 is 11.6 Å². The molecule has 0 unspecified atom stereocenters. The van der Waals surface area contributed by atoms with E-state index in [-0.39, 0.29) is 11.3 Å². The maximum Gasteiger partial charge on any atom is 0.224 e. The lowest BCUT2D eigenvalue weighted by Gasteiger charge is -2.32. The standard InChI is InChI=1S/C18H29N3O/c1-18(2,3)13-17(22)19-16-7-5-15(6-8-16)14-21-11-9-20(4)10-12-21/h5-8H,9-14H2,1-4H3,(H,19,22). The van der Waals surface area contributed by atoms with Crippen LogP contribution in [0.5, 0.6) is 0 Å². The number of carbonyl (C=O) groups is 1. The molecule has 0 bridgehead atoms. The lowest BCUT2D eigenvalue weighted by atomic mass is 9.92. The van der Waals surface area contributed by atoms with Gasteiger partial charge in [0, 0.05) is 44.8 Å². The molecule has 1 amide bonds. The van der Waals surface area contributed by atoms with Gasteiger partial charge >= 0.3 is 0 Å². The molecule has 0 aliphatic carbocycles. The minimum absolute atomic E-state index is 0.0193. The van der Waals surface area contributed by atoms with Gasteiger partial charge in [0.05, 0.1) is 0 Å². The average Bonchev–Trinajstić information content (AvgIpc) is 2.41. The van der Waals surface area contributed by atoms with Crippen LogP contribution < -0.4 is 5.32 Å². The summed E-state index contributed by atoms with van der Waals surface area (Å²) in [4.78, 5) is 16.8. The third-order valence-electron chi connectivity index (χ3n) is 3.93. The van der Waals surface area contributed by atoms with E-state index >= 15 is 0 Å². The normalized spacial score (nSPS) is 17.5. The number of carbonyl (C=O) groups excluding carboxylic acids is 1. The lowest BCUT2D eigenvalue weighted by molar-refractivity contribution is -0.117. The van der Waals surface area contributed by atoms with Crippen molar-refractivity contribution in [3.63, 3.8) is 0 Å². The summed E-state index contributed by atoms with van der Waals surface area (Å²) in [5, 5.41) is 2.98. The molecule has 0 spiro atoms. The van der Waals surface area contributed by atoms with Gasteiger partial charge in [0.25, 0.3) is 0 Å². The summed E-state index contributed by atoms with van der Waals surface area (Å²) in [6.07, 6.45) is 0.538. The zero-order valence-corrected chi connectivity index (χ0v) is 14.4. The Labute approximate surface area is 134 Å². The number of piperazine rings is 1. The van der Waals surface area contributed by atoms with Crippen LogP contribution in [0.4, 0.5) is 5.69 Å². The number of nitrogens with zero attached hydrogens (tertiary/aromatic N) is 2. The Morgan fingerprint density at radius 2 is 1.68 bits per heavy atom. The highest BCUT2D eigenvalue weighted by atomic mass is 16.1. The Kier molecular flexibility index (Phi) is 5.59. The second-order valence-electron chi connectivity index (χ2n) is 7.56. The monoisotopic (exact) mass is 303 g/mol. The number of amides is 1. The molecule has 2 rings (SSSR count). The van der Waals surface area contributed by atoms with Gasteiger partial charge in [-0.2, -0.15) is 0 Å². The summed E-state index contributed by atoms with van der Waals surface area (Å²) >= 11 is 0. The SMILES string of the molecule is CN1CCN(Cc2ccc(NC(=O)CC(C)(C)C)cc2)CC1. The third kappa shape index (κ3) is 5.78. The van der Waals surface area contributed by atoms with Crippen LogP contribution in [0.25, 0.3) is 0 Å². The number of hydrogen-bond acceptors (Lipinski definition) is 3. The van der Waals surface area contributed by atoms with E-state index in [1.54, 1.807) is 0 Å². The quantitative estimate of drug-likeness (QED) is 0.929. The fraction of sp³-hybridized carbons (Fsp3) is 0.611. The third-order valence-corrected chi connectivity index (χ3v) is 3.93. The van der Waals surface area contributed by atoms with Crippen LogP contribution in [-0.2, 0) is 11.3 Å². The maximum atomic E-state index is 11.9. The summed E-state index contributed by atoms with van der Waals surface area (Å²) < 4.78 is 0. The van der Waals surface area contributed by atoms with Crippen molar-refractivity contribution in [1.82, 2.24) is 9.80 Å². The molecule has 1 saturated heterocycles. The summed E-state index contributed by atoms with van der Waals surface area (Å²) in [5.74, 6) is 0.0827. The molecule has 1 aromatic carbocycles. The second-order valence-corrected chi connectivity index (χ2v) is 7.56. The number of nitrogens with one attached hydrogen (secondary N) is 1. The molecule has 0 saturated carbocycles. The fourth-order valence-corrected chi connectivity index (χ4v) is 2.64. The Balaban J connectivity index is 1.84. The van der Waals surface area contributed by atoms with Gasteiger partial charge in [-0.15, -0.1) is 0 Å². The van der Waals surface area contributed by atoms with Gasteiger partial charge in [0.15, 0.2) is 0 Å². The zero-order chi connectivity index (χ0) is 16.2. The summed E-state index contributed by atoms with van der Waals surface area (Å²) in [7, 11) is 2.17. The molecular weight excluding hydrogens is 274 g/mol. The molecule has 4 heteroatoms. The Morgan fingerprint density at radius 1 is 1.09 bits per heavy atom. The van der Waals surface area contributed by atoms with Gasteiger partial charge in [-0.3, -0.25) is 9.69 Å². The Hall–Kier alpha value is -1.39. The van der Waals surface area contributed by atoms with E-state index in [0.29, 0.717) is 6.42 Å². The molecule has 1 heterocycles. The first-order valence-electron chi connectivity index (χ1n) is 8.11. The summed E-state index contributed by atoms with van der Waals surface area (Å²) in [6, 6.07) is 8.24. The number of rotatable bonds is 4. The lowest BCUT2D eigenvalue weighted by Crippen LogP contribution is -2.43. The zero-order valence-electron chi connectivity index (χ0n) is 14.4. The molecule has 1 aromatic rings. The van der Waals surface area contributed by atoms with Gasteiger partial charge in [0.1, 0.15) is 0 Å². The van der Waals surface area contributed by atoms with Gasteiger partial charge in [-0.1, -0.05) is 32.9 Å². The van der Waals surface area contributed by atoms with Gasteiger partial charge in [-0.25, -0.2) is 0 Å². The van der Waals surface area contributed by atoms with E-state index in [0.717, 1.165) is 38.4 Å². The highest BCUT2D eigenvalue weighted by Gasteiger charge is 2.16. The number of likely N-dealkylation sites (N-methyl/N-ethyl adjacent to an activating group) is 1. The molecule has 1 N–H and O–H groups in total. The van der Waals surface area contributed by atoms with Crippen LogP contribution in [-0.4, -0.2) is 48.9 Å². The molecule has 1 aliphatic rings. The predicted molar refractivity (Wildman–Crippen MR) is 91.9 cm³/mol. The van der Waals surface area contributed by atoms with E-state index in [1.807, 2.05) is 12.1 Å². The molecule has 122 valence electrons. The molecular formula is C18H29N3O. The maximum absolute atomic E-state index is 11.9. The first-order chi connectivity index (χ1) is 10.3. The smallest absolute Gasteiger partial charge is 0.224 e. The van der Waals surface area contributed by atoms with E-state index < -0.39 is 0 Å². The van der Waals surface area contributed by atoms with E-state index in [2.05, 4.69) is 55.1 Å². The van der Waals surface area contributed by atoms with Crippen molar-refractivity contribution < 1.29 is 4.79 Å². The number of benzene rings is 1. The topological polar surface area (TPSA) is 35.6 Å². The van der Waals surface area contributed by atoms with Gasteiger partial charge in [-0.05, 0) is 30.2 Å². The average molecular weight is 303 g/mol. The Morgan fingerprint density at radius 3 is 2.23 bits per heavy atom. The largest absolute Gasteiger partial charge is 0.326 e. The molecule has 1 aliphatic heterocycles. The van der Waals surface area contributed by atoms with E-state index in [1.165, 1.54) is 5.56 Å². The van der Waals surface area contributed by atoms with E-state index in [9.17, 15) is 4.79 Å². The fourth-order valence-electron chi connectivity index (χ4n) is 2.64. The van der Waals surface area contributed by atoms with Crippen LogP contribution in [0.3, 0.4) is 0 Å². The molecule has 0 atom stereocenters.